The van der Waals surface area contributed by atoms with E-state index in [-0.39, 0.29) is 11.8 Å². The summed E-state index contributed by atoms with van der Waals surface area (Å²) in [5, 5.41) is 10.4. The third-order valence-corrected chi connectivity index (χ3v) is 2.92. The smallest absolute Gasteiger partial charge is 0.223 e. The molecule has 88 valence electrons. The lowest BCUT2D eigenvalue weighted by Crippen LogP contribution is -2.37. The van der Waals surface area contributed by atoms with Crippen LogP contribution in [0, 0.1) is 5.92 Å². The van der Waals surface area contributed by atoms with Gasteiger partial charge in [0.15, 0.2) is 0 Å². The van der Waals surface area contributed by atoms with Crippen LogP contribution in [0.25, 0.3) is 0 Å². The molecule has 0 spiro atoms. The minimum Gasteiger partial charge on any atom is -0.350 e. The van der Waals surface area contributed by atoms with Crippen molar-refractivity contribution in [1.82, 2.24) is 20.4 Å². The van der Waals surface area contributed by atoms with E-state index in [1.807, 2.05) is 19.3 Å². The van der Waals surface area contributed by atoms with E-state index in [1.54, 1.807) is 4.68 Å². The van der Waals surface area contributed by atoms with Crippen LogP contribution >= 0.6 is 0 Å². The summed E-state index contributed by atoms with van der Waals surface area (Å²) in [6, 6.07) is 1.92. The van der Waals surface area contributed by atoms with Crippen molar-refractivity contribution in [2.24, 2.45) is 13.0 Å². The quantitative estimate of drug-likeness (QED) is 0.759. The number of nitrogens with one attached hydrogen (secondary N) is 2. The van der Waals surface area contributed by atoms with Crippen molar-refractivity contribution >= 4 is 5.91 Å². The van der Waals surface area contributed by atoms with Gasteiger partial charge in [0.25, 0.3) is 0 Å². The Labute approximate surface area is 95.2 Å². The highest BCUT2D eigenvalue weighted by Gasteiger charge is 2.20. The van der Waals surface area contributed by atoms with Crippen LogP contribution in [0.4, 0.5) is 0 Å². The molecule has 5 nitrogen and oxygen atoms in total. The number of hydrogen-bond donors (Lipinski definition) is 2. The minimum atomic E-state index is 0.159. The third kappa shape index (κ3) is 2.82. The Morgan fingerprint density at radius 1 is 1.62 bits per heavy atom. The van der Waals surface area contributed by atoms with Crippen molar-refractivity contribution in [3.05, 3.63) is 18.0 Å². The van der Waals surface area contributed by atoms with Gasteiger partial charge in [-0.05, 0) is 32.0 Å². The zero-order chi connectivity index (χ0) is 11.4. The van der Waals surface area contributed by atoms with Crippen LogP contribution in [0.2, 0.25) is 0 Å². The number of carbonyl (C=O) groups excluding carboxylic acids is 1. The normalized spacial score (nSPS) is 17.3. The molecule has 2 rings (SSSR count). The molecule has 5 heteroatoms. The maximum Gasteiger partial charge on any atom is 0.223 e. The monoisotopic (exact) mass is 222 g/mol. The molecule has 0 atom stereocenters. The van der Waals surface area contributed by atoms with Crippen LogP contribution in [-0.2, 0) is 18.4 Å². The first-order valence-corrected chi connectivity index (χ1v) is 5.72. The van der Waals surface area contributed by atoms with Crippen LogP contribution in [-0.4, -0.2) is 28.8 Å². The zero-order valence-electron chi connectivity index (χ0n) is 9.57. The highest BCUT2D eigenvalue weighted by Crippen LogP contribution is 2.11. The minimum absolute atomic E-state index is 0.159. The fourth-order valence-electron chi connectivity index (χ4n) is 1.96. The van der Waals surface area contributed by atoms with Crippen molar-refractivity contribution in [3.8, 4) is 0 Å². The second-order valence-electron chi connectivity index (χ2n) is 4.22. The molecule has 0 unspecified atom stereocenters. The van der Waals surface area contributed by atoms with E-state index in [0.717, 1.165) is 31.6 Å². The Morgan fingerprint density at radius 2 is 2.38 bits per heavy atom. The predicted molar refractivity (Wildman–Crippen MR) is 60.6 cm³/mol. The van der Waals surface area contributed by atoms with Gasteiger partial charge in [-0.2, -0.15) is 5.10 Å². The van der Waals surface area contributed by atoms with E-state index in [2.05, 4.69) is 15.7 Å². The molecule has 1 saturated heterocycles. The summed E-state index contributed by atoms with van der Waals surface area (Å²) < 4.78 is 1.74. The summed E-state index contributed by atoms with van der Waals surface area (Å²) in [4.78, 5) is 11.8. The Bertz CT molecular complexity index is 355. The summed E-state index contributed by atoms with van der Waals surface area (Å²) in [6.07, 6.45) is 3.76. The highest BCUT2D eigenvalue weighted by atomic mass is 16.1. The van der Waals surface area contributed by atoms with E-state index in [4.69, 9.17) is 0 Å². The Kier molecular flexibility index (Phi) is 3.56. The number of amides is 1. The second-order valence-corrected chi connectivity index (χ2v) is 4.22. The molecule has 1 aliphatic heterocycles. The Balaban J connectivity index is 1.78. The summed E-state index contributed by atoms with van der Waals surface area (Å²) in [6.45, 7) is 2.42. The van der Waals surface area contributed by atoms with E-state index in [9.17, 15) is 4.79 Å². The van der Waals surface area contributed by atoms with Crippen molar-refractivity contribution in [2.45, 2.75) is 19.4 Å². The number of aryl methyl sites for hydroxylation is 1. The molecule has 1 fully saturated rings. The van der Waals surface area contributed by atoms with Gasteiger partial charge in [0, 0.05) is 19.2 Å². The Hall–Kier alpha value is -1.36. The van der Waals surface area contributed by atoms with Gasteiger partial charge < -0.3 is 10.6 Å². The molecular weight excluding hydrogens is 204 g/mol. The number of aromatic nitrogens is 2. The molecule has 2 heterocycles. The fourth-order valence-corrected chi connectivity index (χ4v) is 1.96. The first-order chi connectivity index (χ1) is 7.75. The molecule has 0 bridgehead atoms. The number of nitrogens with zero attached hydrogens (tertiary/aromatic N) is 2. The number of rotatable bonds is 3. The lowest BCUT2D eigenvalue weighted by molar-refractivity contribution is -0.125. The summed E-state index contributed by atoms with van der Waals surface area (Å²) in [5.41, 5.74) is 0.907. The van der Waals surface area contributed by atoms with Crippen molar-refractivity contribution < 1.29 is 4.79 Å². The summed E-state index contributed by atoms with van der Waals surface area (Å²) in [5.74, 6) is 0.331. The maximum absolute atomic E-state index is 11.8. The van der Waals surface area contributed by atoms with Crippen LogP contribution in [0.1, 0.15) is 18.5 Å². The molecule has 1 amide bonds. The molecule has 0 saturated carbocycles. The first-order valence-electron chi connectivity index (χ1n) is 5.72. The molecule has 2 N–H and O–H groups in total. The van der Waals surface area contributed by atoms with Crippen LogP contribution in [0.3, 0.4) is 0 Å². The largest absolute Gasteiger partial charge is 0.350 e. The molecular formula is C11H18N4O. The predicted octanol–water partition coefficient (Wildman–Crippen LogP) is 0.0359. The molecule has 1 aliphatic rings. The van der Waals surface area contributed by atoms with Crippen LogP contribution in [0.5, 0.6) is 0 Å². The van der Waals surface area contributed by atoms with Crippen molar-refractivity contribution in [3.63, 3.8) is 0 Å². The van der Waals surface area contributed by atoms with Gasteiger partial charge >= 0.3 is 0 Å². The van der Waals surface area contributed by atoms with Gasteiger partial charge in [-0.1, -0.05) is 0 Å². The number of piperidine rings is 1. The summed E-state index contributed by atoms with van der Waals surface area (Å²) in [7, 11) is 1.87. The molecule has 0 aromatic carbocycles. The average molecular weight is 222 g/mol. The van der Waals surface area contributed by atoms with Gasteiger partial charge in [-0.3, -0.25) is 9.48 Å². The third-order valence-electron chi connectivity index (χ3n) is 2.92. The fraction of sp³-hybridized carbons (Fsp3) is 0.636. The van der Waals surface area contributed by atoms with Gasteiger partial charge in [0.1, 0.15) is 0 Å². The van der Waals surface area contributed by atoms with Crippen molar-refractivity contribution in [1.29, 1.82) is 0 Å². The molecule has 1 aromatic rings. The van der Waals surface area contributed by atoms with Gasteiger partial charge in [-0.25, -0.2) is 0 Å². The number of carbonyl (C=O) groups is 1. The van der Waals surface area contributed by atoms with E-state index >= 15 is 0 Å². The molecule has 16 heavy (non-hydrogen) atoms. The van der Waals surface area contributed by atoms with E-state index < -0.39 is 0 Å². The highest BCUT2D eigenvalue weighted by molar-refractivity contribution is 5.78. The SMILES string of the molecule is Cn1ccc(CNC(=O)C2CCNCC2)n1. The van der Waals surface area contributed by atoms with Gasteiger partial charge in [-0.15, -0.1) is 0 Å². The molecule has 1 aromatic heterocycles. The zero-order valence-corrected chi connectivity index (χ0v) is 9.57. The van der Waals surface area contributed by atoms with Crippen LogP contribution in [0.15, 0.2) is 12.3 Å². The van der Waals surface area contributed by atoms with Crippen molar-refractivity contribution in [2.75, 3.05) is 13.1 Å². The molecule has 0 aliphatic carbocycles. The lowest BCUT2D eigenvalue weighted by Gasteiger charge is -2.21. The average Bonchev–Trinajstić information content (AvgIpc) is 2.73. The summed E-state index contributed by atoms with van der Waals surface area (Å²) >= 11 is 0. The second kappa shape index (κ2) is 5.12. The van der Waals surface area contributed by atoms with Gasteiger partial charge in [0.2, 0.25) is 5.91 Å². The van der Waals surface area contributed by atoms with Crippen LogP contribution < -0.4 is 10.6 Å². The first kappa shape index (κ1) is 11.1. The molecule has 0 radical (unpaired) electrons. The topological polar surface area (TPSA) is 59.0 Å². The maximum atomic E-state index is 11.8. The Morgan fingerprint density at radius 3 is 3.00 bits per heavy atom. The van der Waals surface area contributed by atoms with E-state index in [1.165, 1.54) is 0 Å². The van der Waals surface area contributed by atoms with E-state index in [0.29, 0.717) is 6.54 Å². The number of hydrogen-bond acceptors (Lipinski definition) is 3. The standard InChI is InChI=1S/C11H18N4O/c1-15-7-4-10(14-15)8-13-11(16)9-2-5-12-6-3-9/h4,7,9,12H,2-3,5-6,8H2,1H3,(H,13,16). The lowest BCUT2D eigenvalue weighted by atomic mass is 9.97. The van der Waals surface area contributed by atoms with Gasteiger partial charge in [0.05, 0.1) is 12.2 Å².